The number of amides is 1. The molecule has 1 heterocycles. The Bertz CT molecular complexity index is 415. The van der Waals surface area contributed by atoms with Crippen LogP contribution in [0.15, 0.2) is 12.3 Å². The number of aromatic nitrogens is 1. The Balaban J connectivity index is 2.40. The van der Waals surface area contributed by atoms with E-state index < -0.39 is 0 Å². The molecule has 0 fully saturated rings. The number of unbranched alkanes of at least 4 members (excludes halogenated alkanes) is 2. The number of rotatable bonds is 8. The van der Waals surface area contributed by atoms with Crippen molar-refractivity contribution in [2.75, 3.05) is 30.9 Å². The van der Waals surface area contributed by atoms with Crippen LogP contribution >= 0.6 is 23.4 Å². The third-order valence-corrected chi connectivity index (χ3v) is 3.67. The van der Waals surface area contributed by atoms with E-state index in [4.69, 9.17) is 11.6 Å². The highest BCUT2D eigenvalue weighted by Gasteiger charge is 2.11. The fourth-order valence-electron chi connectivity index (χ4n) is 1.59. The maximum absolute atomic E-state index is 12.0. The zero-order valence-electron chi connectivity index (χ0n) is 11.3. The van der Waals surface area contributed by atoms with Crippen molar-refractivity contribution in [1.29, 1.82) is 0 Å². The molecule has 0 bridgehead atoms. The van der Waals surface area contributed by atoms with Gasteiger partial charge in [-0.1, -0.05) is 18.0 Å². The highest BCUT2D eigenvalue weighted by Crippen LogP contribution is 2.17. The Morgan fingerprint density at radius 3 is 2.89 bits per heavy atom. The zero-order valence-corrected chi connectivity index (χ0v) is 12.9. The summed E-state index contributed by atoms with van der Waals surface area (Å²) in [5, 5.41) is 6.14. The van der Waals surface area contributed by atoms with Crippen LogP contribution in [0.5, 0.6) is 0 Å². The molecule has 106 valence electrons. The summed E-state index contributed by atoms with van der Waals surface area (Å²) in [6, 6.07) is 1.66. The van der Waals surface area contributed by atoms with Crippen molar-refractivity contribution in [1.82, 2.24) is 10.3 Å². The molecule has 2 N–H and O–H groups in total. The Morgan fingerprint density at radius 2 is 2.21 bits per heavy atom. The first-order valence-corrected chi connectivity index (χ1v) is 8.06. The number of carbonyl (C=O) groups excluding carboxylic acids is 1. The van der Waals surface area contributed by atoms with E-state index in [0.717, 1.165) is 12.8 Å². The molecular formula is C13H20ClN3OS. The number of thioether (sulfide) groups is 1. The summed E-state index contributed by atoms with van der Waals surface area (Å²) in [5.74, 6) is 1.67. The fraction of sp³-hybridized carbons (Fsp3) is 0.538. The van der Waals surface area contributed by atoms with Gasteiger partial charge in [-0.3, -0.25) is 4.79 Å². The van der Waals surface area contributed by atoms with Crippen LogP contribution in [0.4, 0.5) is 5.82 Å². The summed E-state index contributed by atoms with van der Waals surface area (Å²) in [5.41, 5.74) is 0.463. The van der Waals surface area contributed by atoms with Gasteiger partial charge < -0.3 is 10.6 Å². The maximum atomic E-state index is 12.0. The minimum Gasteiger partial charge on any atom is -0.373 e. The number of pyridine rings is 1. The van der Waals surface area contributed by atoms with Gasteiger partial charge >= 0.3 is 0 Å². The summed E-state index contributed by atoms with van der Waals surface area (Å²) < 4.78 is 0. The largest absolute Gasteiger partial charge is 0.373 e. The minimum absolute atomic E-state index is 0.145. The standard InChI is InChI=1S/C13H20ClN3OS/c1-15-12-8-10(11(14)9-17-12)13(18)16-6-4-3-5-7-19-2/h8-9H,3-7H2,1-2H3,(H,15,17)(H,16,18). The number of nitrogens with zero attached hydrogens (tertiary/aromatic N) is 1. The molecule has 0 aliphatic heterocycles. The first-order chi connectivity index (χ1) is 9.19. The molecule has 0 unspecified atom stereocenters. The van der Waals surface area contributed by atoms with Crippen LogP contribution in [0, 0.1) is 0 Å². The predicted octanol–water partition coefficient (Wildman–Crippen LogP) is 3.04. The summed E-state index contributed by atoms with van der Waals surface area (Å²) in [6.07, 6.45) is 6.91. The van der Waals surface area contributed by atoms with Crippen molar-refractivity contribution < 1.29 is 4.79 Å². The number of carbonyl (C=O) groups is 1. The Hall–Kier alpha value is -0.940. The Morgan fingerprint density at radius 1 is 1.42 bits per heavy atom. The lowest BCUT2D eigenvalue weighted by molar-refractivity contribution is 0.0953. The average molecular weight is 302 g/mol. The zero-order chi connectivity index (χ0) is 14.1. The molecule has 0 saturated carbocycles. The second-order valence-electron chi connectivity index (χ2n) is 4.11. The summed E-state index contributed by atoms with van der Waals surface area (Å²) >= 11 is 7.83. The van der Waals surface area contributed by atoms with Gasteiger partial charge in [-0.15, -0.1) is 0 Å². The molecule has 1 aromatic heterocycles. The highest BCUT2D eigenvalue weighted by atomic mass is 35.5. The molecule has 0 radical (unpaired) electrons. The normalized spacial score (nSPS) is 10.3. The average Bonchev–Trinajstić information content (AvgIpc) is 2.43. The molecular weight excluding hydrogens is 282 g/mol. The highest BCUT2D eigenvalue weighted by molar-refractivity contribution is 7.98. The van der Waals surface area contributed by atoms with E-state index in [1.165, 1.54) is 18.4 Å². The van der Waals surface area contributed by atoms with Gasteiger partial charge in [-0.05, 0) is 30.9 Å². The van der Waals surface area contributed by atoms with Gasteiger partial charge in [0.05, 0.1) is 10.6 Å². The van der Waals surface area contributed by atoms with Gasteiger partial charge in [-0.25, -0.2) is 4.98 Å². The topological polar surface area (TPSA) is 54.0 Å². The van der Waals surface area contributed by atoms with Crippen molar-refractivity contribution >= 4 is 35.1 Å². The molecule has 0 atom stereocenters. The molecule has 0 spiro atoms. The van der Waals surface area contributed by atoms with E-state index in [9.17, 15) is 4.79 Å². The second-order valence-corrected chi connectivity index (χ2v) is 5.50. The third kappa shape index (κ3) is 5.70. The van der Waals surface area contributed by atoms with Crippen LogP contribution < -0.4 is 10.6 Å². The number of nitrogens with one attached hydrogen (secondary N) is 2. The fourth-order valence-corrected chi connectivity index (χ4v) is 2.28. The van der Waals surface area contributed by atoms with E-state index in [0.29, 0.717) is 22.9 Å². The van der Waals surface area contributed by atoms with Crippen molar-refractivity contribution in [3.05, 3.63) is 22.8 Å². The summed E-state index contributed by atoms with van der Waals surface area (Å²) in [4.78, 5) is 16.0. The molecule has 0 saturated heterocycles. The van der Waals surface area contributed by atoms with Crippen molar-refractivity contribution in [3.8, 4) is 0 Å². The number of hydrogen-bond donors (Lipinski definition) is 2. The van der Waals surface area contributed by atoms with E-state index in [-0.39, 0.29) is 5.91 Å². The van der Waals surface area contributed by atoms with Gasteiger partial charge in [-0.2, -0.15) is 11.8 Å². The van der Waals surface area contributed by atoms with Crippen LogP contribution in [-0.4, -0.2) is 36.5 Å². The third-order valence-electron chi connectivity index (χ3n) is 2.67. The van der Waals surface area contributed by atoms with Gasteiger partial charge in [0, 0.05) is 19.8 Å². The lowest BCUT2D eigenvalue weighted by Crippen LogP contribution is -2.25. The second kappa shape index (κ2) is 9.04. The smallest absolute Gasteiger partial charge is 0.252 e. The quantitative estimate of drug-likeness (QED) is 0.725. The van der Waals surface area contributed by atoms with Gasteiger partial charge in [0.15, 0.2) is 0 Å². The molecule has 6 heteroatoms. The van der Waals surface area contributed by atoms with E-state index >= 15 is 0 Å². The van der Waals surface area contributed by atoms with Crippen LogP contribution in [0.1, 0.15) is 29.6 Å². The first kappa shape index (κ1) is 16.1. The van der Waals surface area contributed by atoms with Gasteiger partial charge in [0.1, 0.15) is 5.82 Å². The Labute approximate surface area is 123 Å². The van der Waals surface area contributed by atoms with E-state index in [1.807, 2.05) is 11.8 Å². The maximum Gasteiger partial charge on any atom is 0.252 e. The van der Waals surface area contributed by atoms with E-state index in [2.05, 4.69) is 21.9 Å². The molecule has 0 aliphatic carbocycles. The monoisotopic (exact) mass is 301 g/mol. The number of hydrogen-bond acceptors (Lipinski definition) is 4. The number of anilines is 1. The molecule has 1 amide bonds. The lowest BCUT2D eigenvalue weighted by atomic mass is 10.2. The van der Waals surface area contributed by atoms with Crippen LogP contribution in [0.25, 0.3) is 0 Å². The van der Waals surface area contributed by atoms with Crippen molar-refractivity contribution in [3.63, 3.8) is 0 Å². The first-order valence-electron chi connectivity index (χ1n) is 6.29. The van der Waals surface area contributed by atoms with Gasteiger partial charge in [0.25, 0.3) is 5.91 Å². The van der Waals surface area contributed by atoms with E-state index in [1.54, 1.807) is 13.1 Å². The van der Waals surface area contributed by atoms with Crippen LogP contribution in [0.2, 0.25) is 5.02 Å². The van der Waals surface area contributed by atoms with Crippen LogP contribution in [-0.2, 0) is 0 Å². The SMILES string of the molecule is CNc1cc(C(=O)NCCCCCSC)c(Cl)cn1. The van der Waals surface area contributed by atoms with Crippen molar-refractivity contribution in [2.45, 2.75) is 19.3 Å². The Kier molecular flexibility index (Phi) is 7.67. The molecule has 4 nitrogen and oxygen atoms in total. The van der Waals surface area contributed by atoms with Crippen molar-refractivity contribution in [2.24, 2.45) is 0 Å². The molecule has 0 aromatic carbocycles. The van der Waals surface area contributed by atoms with Crippen LogP contribution in [0.3, 0.4) is 0 Å². The molecule has 0 aliphatic rings. The summed E-state index contributed by atoms with van der Waals surface area (Å²) in [7, 11) is 1.75. The minimum atomic E-state index is -0.145. The number of halogens is 1. The molecule has 1 rings (SSSR count). The summed E-state index contributed by atoms with van der Waals surface area (Å²) in [6.45, 7) is 0.681. The molecule has 1 aromatic rings. The predicted molar refractivity (Wildman–Crippen MR) is 83.4 cm³/mol. The van der Waals surface area contributed by atoms with Gasteiger partial charge in [0.2, 0.25) is 0 Å². The molecule has 19 heavy (non-hydrogen) atoms. The lowest BCUT2D eigenvalue weighted by Gasteiger charge is -2.08.